The molecule has 0 spiro atoms. The number of piperazine rings is 1. The Hall–Kier alpha value is 0.230. The first-order valence-corrected chi connectivity index (χ1v) is 6.96. The first kappa shape index (κ1) is 11.7. The molecule has 88 valence electrons. The first-order valence-electron chi connectivity index (χ1n) is 5.91. The topological polar surface area (TPSA) is 18.5 Å². The van der Waals surface area contributed by atoms with Crippen molar-refractivity contribution in [3.8, 4) is 0 Å². The van der Waals surface area contributed by atoms with Gasteiger partial charge in [0.15, 0.2) is 0 Å². The molecule has 0 saturated carbocycles. The van der Waals surface area contributed by atoms with E-state index in [4.69, 9.17) is 0 Å². The molecule has 2 rings (SSSR count). The minimum atomic E-state index is 0.336. The summed E-state index contributed by atoms with van der Waals surface area (Å²) in [6.07, 6.45) is 0. The van der Waals surface area contributed by atoms with Crippen molar-refractivity contribution in [3.05, 3.63) is 0 Å². The molecular formula is C11H23N3S. The van der Waals surface area contributed by atoms with Crippen molar-refractivity contribution in [2.75, 3.05) is 38.5 Å². The quantitative estimate of drug-likeness (QED) is 0.723. The largest absolute Gasteiger partial charge is 0.296 e. The minimum absolute atomic E-state index is 0.336. The highest BCUT2D eigenvalue weighted by Crippen LogP contribution is 2.22. The highest BCUT2D eigenvalue weighted by molar-refractivity contribution is 8.00. The molecular weight excluding hydrogens is 206 g/mol. The van der Waals surface area contributed by atoms with Crippen molar-refractivity contribution in [2.45, 2.75) is 31.8 Å². The summed E-state index contributed by atoms with van der Waals surface area (Å²) >= 11 is 2.05. The van der Waals surface area contributed by atoms with E-state index in [9.17, 15) is 0 Å². The summed E-state index contributed by atoms with van der Waals surface area (Å²) in [5.41, 5.74) is 0.926. The fraction of sp³-hybridized carbons (Fsp3) is 1.00. The lowest BCUT2D eigenvalue weighted by molar-refractivity contribution is 0.0540. The van der Waals surface area contributed by atoms with Crippen LogP contribution in [-0.2, 0) is 0 Å². The van der Waals surface area contributed by atoms with Crippen molar-refractivity contribution >= 4 is 11.8 Å². The maximum absolute atomic E-state index is 3.55. The Morgan fingerprint density at radius 2 is 1.80 bits per heavy atom. The monoisotopic (exact) mass is 229 g/mol. The molecule has 2 heterocycles. The van der Waals surface area contributed by atoms with E-state index >= 15 is 0 Å². The van der Waals surface area contributed by atoms with Gasteiger partial charge in [0, 0.05) is 44.0 Å². The SMILES string of the molecule is CC(C)(C)N1CCN(C2NCCS2)CC1. The lowest BCUT2D eigenvalue weighted by Crippen LogP contribution is -2.56. The van der Waals surface area contributed by atoms with Crippen LogP contribution < -0.4 is 5.32 Å². The molecule has 0 aromatic rings. The predicted octanol–water partition coefficient (Wildman–Crippen LogP) is 1.02. The Morgan fingerprint density at radius 1 is 1.13 bits per heavy atom. The van der Waals surface area contributed by atoms with Gasteiger partial charge in [0.05, 0.1) is 0 Å². The molecule has 2 aliphatic rings. The standard InChI is InChI=1S/C11H23N3S/c1-11(2,3)14-7-5-13(6-8-14)10-12-4-9-15-10/h10,12H,4-9H2,1-3H3. The lowest BCUT2D eigenvalue weighted by Gasteiger charge is -2.43. The number of hydrogen-bond acceptors (Lipinski definition) is 4. The number of hydrogen-bond donors (Lipinski definition) is 1. The van der Waals surface area contributed by atoms with Crippen LogP contribution in [0.2, 0.25) is 0 Å². The smallest absolute Gasteiger partial charge is 0.108 e. The van der Waals surface area contributed by atoms with Crippen molar-refractivity contribution in [1.82, 2.24) is 15.1 Å². The van der Waals surface area contributed by atoms with E-state index in [1.807, 2.05) is 0 Å². The zero-order valence-electron chi connectivity index (χ0n) is 10.1. The summed E-state index contributed by atoms with van der Waals surface area (Å²) in [6.45, 7) is 12.9. The average Bonchev–Trinajstić information content (AvgIpc) is 2.69. The fourth-order valence-electron chi connectivity index (χ4n) is 2.27. The number of nitrogens with zero attached hydrogens (tertiary/aromatic N) is 2. The summed E-state index contributed by atoms with van der Waals surface area (Å²) in [4.78, 5) is 5.17. The molecule has 0 aromatic heterocycles. The second kappa shape index (κ2) is 4.62. The molecule has 2 aliphatic heterocycles. The van der Waals surface area contributed by atoms with E-state index in [1.54, 1.807) is 0 Å². The molecule has 15 heavy (non-hydrogen) atoms. The van der Waals surface area contributed by atoms with Crippen LogP contribution in [0.1, 0.15) is 20.8 Å². The van der Waals surface area contributed by atoms with Gasteiger partial charge in [-0.15, -0.1) is 11.8 Å². The molecule has 4 heteroatoms. The van der Waals surface area contributed by atoms with Gasteiger partial charge < -0.3 is 0 Å². The van der Waals surface area contributed by atoms with Gasteiger partial charge in [-0.1, -0.05) is 0 Å². The summed E-state index contributed by atoms with van der Waals surface area (Å²) in [5, 5.41) is 3.55. The second-order valence-corrected chi connectivity index (χ2v) is 6.56. The molecule has 0 aromatic carbocycles. The molecule has 0 radical (unpaired) electrons. The van der Waals surface area contributed by atoms with E-state index in [2.05, 4.69) is 47.6 Å². The first-order chi connectivity index (χ1) is 7.07. The van der Waals surface area contributed by atoms with Gasteiger partial charge in [0.25, 0.3) is 0 Å². The molecule has 2 saturated heterocycles. The Bertz CT molecular complexity index is 200. The van der Waals surface area contributed by atoms with Gasteiger partial charge in [0.2, 0.25) is 0 Å². The third-order valence-electron chi connectivity index (χ3n) is 3.29. The van der Waals surface area contributed by atoms with Gasteiger partial charge >= 0.3 is 0 Å². The molecule has 1 unspecified atom stereocenters. The second-order valence-electron chi connectivity index (χ2n) is 5.37. The van der Waals surface area contributed by atoms with Crippen LogP contribution in [0.15, 0.2) is 0 Å². The van der Waals surface area contributed by atoms with Gasteiger partial charge in [-0.05, 0) is 20.8 Å². The highest BCUT2D eigenvalue weighted by atomic mass is 32.2. The van der Waals surface area contributed by atoms with Crippen LogP contribution in [-0.4, -0.2) is 59.3 Å². The minimum Gasteiger partial charge on any atom is -0.296 e. The predicted molar refractivity (Wildman–Crippen MR) is 67.1 cm³/mol. The molecule has 3 nitrogen and oxygen atoms in total. The van der Waals surface area contributed by atoms with E-state index in [0.717, 1.165) is 0 Å². The summed E-state index contributed by atoms with van der Waals surface area (Å²) in [7, 11) is 0. The Balaban J connectivity index is 1.81. The molecule has 1 N–H and O–H groups in total. The maximum Gasteiger partial charge on any atom is 0.108 e. The van der Waals surface area contributed by atoms with Gasteiger partial charge in [-0.25, -0.2) is 0 Å². The zero-order chi connectivity index (χ0) is 10.9. The van der Waals surface area contributed by atoms with Gasteiger partial charge in [-0.2, -0.15) is 0 Å². The van der Waals surface area contributed by atoms with Crippen molar-refractivity contribution in [1.29, 1.82) is 0 Å². The van der Waals surface area contributed by atoms with Crippen LogP contribution in [0.3, 0.4) is 0 Å². The Morgan fingerprint density at radius 3 is 2.27 bits per heavy atom. The summed E-state index contributed by atoms with van der Waals surface area (Å²) in [5.74, 6) is 1.27. The van der Waals surface area contributed by atoms with Crippen molar-refractivity contribution < 1.29 is 0 Å². The third-order valence-corrected chi connectivity index (χ3v) is 4.51. The van der Waals surface area contributed by atoms with E-state index < -0.39 is 0 Å². The summed E-state index contributed by atoms with van der Waals surface area (Å²) < 4.78 is 0. The molecule has 0 amide bonds. The Labute approximate surface area is 97.6 Å². The zero-order valence-corrected chi connectivity index (χ0v) is 10.9. The average molecular weight is 229 g/mol. The summed E-state index contributed by atoms with van der Waals surface area (Å²) in [6, 6.07) is 0. The van der Waals surface area contributed by atoms with Gasteiger partial charge in [-0.3, -0.25) is 15.1 Å². The third kappa shape index (κ3) is 2.87. The molecule has 1 atom stereocenters. The van der Waals surface area contributed by atoms with Crippen LogP contribution in [0.5, 0.6) is 0 Å². The van der Waals surface area contributed by atoms with Crippen LogP contribution in [0.4, 0.5) is 0 Å². The van der Waals surface area contributed by atoms with E-state index in [1.165, 1.54) is 38.5 Å². The Kier molecular flexibility index (Phi) is 3.60. The van der Waals surface area contributed by atoms with Gasteiger partial charge in [0.1, 0.15) is 5.50 Å². The lowest BCUT2D eigenvalue weighted by atomic mass is 10.1. The normalized spacial score (nSPS) is 31.0. The molecule has 2 fully saturated rings. The fourth-order valence-corrected chi connectivity index (χ4v) is 3.39. The molecule has 0 bridgehead atoms. The van der Waals surface area contributed by atoms with Crippen LogP contribution in [0, 0.1) is 0 Å². The van der Waals surface area contributed by atoms with Crippen LogP contribution in [0.25, 0.3) is 0 Å². The maximum atomic E-state index is 3.55. The number of thioether (sulfide) groups is 1. The van der Waals surface area contributed by atoms with Crippen LogP contribution >= 0.6 is 11.8 Å². The van der Waals surface area contributed by atoms with Crippen molar-refractivity contribution in [3.63, 3.8) is 0 Å². The van der Waals surface area contributed by atoms with E-state index in [-0.39, 0.29) is 0 Å². The molecule has 0 aliphatic carbocycles. The highest BCUT2D eigenvalue weighted by Gasteiger charge is 2.30. The van der Waals surface area contributed by atoms with E-state index in [0.29, 0.717) is 11.0 Å². The van der Waals surface area contributed by atoms with Crippen molar-refractivity contribution in [2.24, 2.45) is 0 Å². The number of rotatable bonds is 1. The number of nitrogens with one attached hydrogen (secondary N) is 1.